The van der Waals surface area contributed by atoms with Crippen molar-refractivity contribution in [1.82, 2.24) is 0 Å². The first-order valence-electron chi connectivity index (χ1n) is 4.09. The van der Waals surface area contributed by atoms with Gasteiger partial charge in [0.1, 0.15) is 0 Å². The molecule has 0 bridgehead atoms. The quantitative estimate of drug-likeness (QED) is 0.615. The van der Waals surface area contributed by atoms with Gasteiger partial charge in [-0.3, -0.25) is 0 Å². The third-order valence-corrected chi connectivity index (χ3v) is 1.48. The Labute approximate surface area is 80.1 Å². The van der Waals surface area contributed by atoms with Gasteiger partial charge < -0.3 is 4.74 Å². The Morgan fingerprint density at radius 1 is 1.50 bits per heavy atom. The van der Waals surface area contributed by atoms with Crippen LogP contribution in [0, 0.1) is 5.92 Å². The zero-order valence-corrected chi connectivity index (χ0v) is 8.98. The van der Waals surface area contributed by atoms with Crippen molar-refractivity contribution >= 4 is 11.6 Å². The summed E-state index contributed by atoms with van der Waals surface area (Å²) >= 11 is 5.85. The van der Waals surface area contributed by atoms with Crippen LogP contribution in [0.2, 0.25) is 0 Å². The first kappa shape index (κ1) is 11.7. The third kappa shape index (κ3) is 6.44. The lowest BCUT2D eigenvalue weighted by Crippen LogP contribution is -1.88. The summed E-state index contributed by atoms with van der Waals surface area (Å²) in [5.41, 5.74) is 1.19. The summed E-state index contributed by atoms with van der Waals surface area (Å²) in [6.45, 7) is 6.81. The number of methoxy groups -OCH3 is 1. The van der Waals surface area contributed by atoms with Crippen molar-refractivity contribution in [3.05, 3.63) is 22.8 Å². The second kappa shape index (κ2) is 6.27. The molecule has 12 heavy (non-hydrogen) atoms. The first-order valence-corrected chi connectivity index (χ1v) is 4.47. The summed E-state index contributed by atoms with van der Waals surface area (Å²) in [7, 11) is 1.64. The van der Waals surface area contributed by atoms with Crippen molar-refractivity contribution in [3.8, 4) is 0 Å². The fourth-order valence-electron chi connectivity index (χ4n) is 1.00. The second-order valence-corrected chi connectivity index (χ2v) is 3.66. The lowest BCUT2D eigenvalue weighted by Gasteiger charge is -1.99. The van der Waals surface area contributed by atoms with Crippen LogP contribution in [0.4, 0.5) is 0 Å². The molecule has 0 radical (unpaired) electrons. The zero-order valence-electron chi connectivity index (χ0n) is 8.23. The van der Waals surface area contributed by atoms with Crippen LogP contribution in [0.25, 0.3) is 0 Å². The highest BCUT2D eigenvalue weighted by Gasteiger charge is 1.92. The van der Waals surface area contributed by atoms with E-state index in [-0.39, 0.29) is 0 Å². The highest BCUT2D eigenvalue weighted by atomic mass is 35.5. The van der Waals surface area contributed by atoms with E-state index in [2.05, 4.69) is 19.9 Å². The highest BCUT2D eigenvalue weighted by molar-refractivity contribution is 6.29. The van der Waals surface area contributed by atoms with E-state index in [0.29, 0.717) is 12.5 Å². The molecule has 0 aliphatic heterocycles. The number of allylic oxidation sites excluding steroid dienone is 3. The minimum Gasteiger partial charge on any atom is -0.379 e. The maximum atomic E-state index is 5.85. The molecule has 0 unspecified atom stereocenters. The predicted molar refractivity (Wildman–Crippen MR) is 54.4 cm³/mol. The van der Waals surface area contributed by atoms with Gasteiger partial charge in [0.2, 0.25) is 0 Å². The van der Waals surface area contributed by atoms with E-state index in [1.54, 1.807) is 7.11 Å². The molecule has 0 heterocycles. The van der Waals surface area contributed by atoms with Crippen LogP contribution in [-0.4, -0.2) is 13.7 Å². The molecule has 0 spiro atoms. The third-order valence-electron chi connectivity index (χ3n) is 1.26. The molecule has 0 atom stereocenters. The van der Waals surface area contributed by atoms with E-state index >= 15 is 0 Å². The Bertz CT molecular complexity index is 180. The standard InChI is InChI=1S/C10H17ClO/c1-8(2)5-9(3)6-10(11)7-12-4/h5-6,8H,7H2,1-4H3. The van der Waals surface area contributed by atoms with E-state index < -0.39 is 0 Å². The van der Waals surface area contributed by atoms with Gasteiger partial charge in [-0.25, -0.2) is 0 Å². The molecule has 0 aromatic carbocycles. The fourth-order valence-corrected chi connectivity index (χ4v) is 1.28. The minimum atomic E-state index is 0.491. The van der Waals surface area contributed by atoms with Crippen LogP contribution < -0.4 is 0 Å². The van der Waals surface area contributed by atoms with Gasteiger partial charge in [0.25, 0.3) is 0 Å². The van der Waals surface area contributed by atoms with Gasteiger partial charge in [-0.05, 0) is 18.9 Å². The number of ether oxygens (including phenoxy) is 1. The summed E-state index contributed by atoms with van der Waals surface area (Å²) < 4.78 is 4.88. The van der Waals surface area contributed by atoms with Crippen LogP contribution in [0.3, 0.4) is 0 Å². The van der Waals surface area contributed by atoms with Crippen molar-refractivity contribution in [1.29, 1.82) is 0 Å². The first-order chi connectivity index (χ1) is 5.56. The van der Waals surface area contributed by atoms with Crippen LogP contribution >= 0.6 is 11.6 Å². The molecule has 0 rings (SSSR count). The largest absolute Gasteiger partial charge is 0.379 e. The number of hydrogen-bond donors (Lipinski definition) is 0. The Balaban J connectivity index is 4.12. The van der Waals surface area contributed by atoms with Gasteiger partial charge >= 0.3 is 0 Å². The molecule has 1 nitrogen and oxygen atoms in total. The van der Waals surface area contributed by atoms with Crippen LogP contribution in [-0.2, 0) is 4.74 Å². The van der Waals surface area contributed by atoms with Gasteiger partial charge in [0, 0.05) is 12.1 Å². The van der Waals surface area contributed by atoms with Gasteiger partial charge in [-0.2, -0.15) is 0 Å². The molecule has 0 aliphatic carbocycles. The number of hydrogen-bond acceptors (Lipinski definition) is 1. The van der Waals surface area contributed by atoms with Crippen LogP contribution in [0.5, 0.6) is 0 Å². The fraction of sp³-hybridized carbons (Fsp3) is 0.600. The SMILES string of the molecule is COCC(Cl)=CC(C)=CC(C)C. The Hall–Kier alpha value is -0.270. The summed E-state index contributed by atoms with van der Waals surface area (Å²) in [4.78, 5) is 0. The van der Waals surface area contributed by atoms with Gasteiger partial charge in [0.05, 0.1) is 6.61 Å². The Morgan fingerprint density at radius 3 is 2.50 bits per heavy atom. The smallest absolute Gasteiger partial charge is 0.0819 e. The van der Waals surface area contributed by atoms with E-state index in [1.807, 2.05) is 13.0 Å². The summed E-state index contributed by atoms with van der Waals surface area (Å²) in [5, 5.41) is 0.742. The van der Waals surface area contributed by atoms with Crippen molar-refractivity contribution < 1.29 is 4.74 Å². The van der Waals surface area contributed by atoms with E-state index in [9.17, 15) is 0 Å². The molecule has 0 aliphatic rings. The molecule has 2 heteroatoms. The van der Waals surface area contributed by atoms with Gasteiger partial charge in [0.15, 0.2) is 0 Å². The van der Waals surface area contributed by atoms with Gasteiger partial charge in [-0.15, -0.1) is 0 Å². The summed E-state index contributed by atoms with van der Waals surface area (Å²) in [6, 6.07) is 0. The second-order valence-electron chi connectivity index (χ2n) is 3.18. The molecule has 0 fully saturated rings. The lowest BCUT2D eigenvalue weighted by molar-refractivity contribution is 0.231. The van der Waals surface area contributed by atoms with E-state index in [0.717, 1.165) is 5.03 Å². The van der Waals surface area contributed by atoms with Crippen molar-refractivity contribution in [2.24, 2.45) is 5.92 Å². The maximum absolute atomic E-state index is 5.85. The van der Waals surface area contributed by atoms with Crippen molar-refractivity contribution in [2.75, 3.05) is 13.7 Å². The minimum absolute atomic E-state index is 0.491. The van der Waals surface area contributed by atoms with Crippen molar-refractivity contribution in [3.63, 3.8) is 0 Å². The van der Waals surface area contributed by atoms with E-state index in [4.69, 9.17) is 16.3 Å². The molecule has 0 N–H and O–H groups in total. The molecular formula is C10H17ClO. The molecule has 0 saturated carbocycles. The average molecular weight is 189 g/mol. The summed E-state index contributed by atoms with van der Waals surface area (Å²) in [6.07, 6.45) is 4.10. The van der Waals surface area contributed by atoms with Crippen molar-refractivity contribution in [2.45, 2.75) is 20.8 Å². The molecule has 0 saturated heterocycles. The van der Waals surface area contributed by atoms with Crippen LogP contribution in [0.15, 0.2) is 22.8 Å². The predicted octanol–water partition coefficient (Wildman–Crippen LogP) is 3.36. The normalized spacial score (nSPS) is 14.2. The Morgan fingerprint density at radius 2 is 2.08 bits per heavy atom. The van der Waals surface area contributed by atoms with Crippen LogP contribution in [0.1, 0.15) is 20.8 Å². The molecule has 0 amide bonds. The molecule has 0 aromatic rings. The topological polar surface area (TPSA) is 9.23 Å². The number of rotatable bonds is 4. The Kier molecular flexibility index (Phi) is 6.13. The zero-order chi connectivity index (χ0) is 9.56. The maximum Gasteiger partial charge on any atom is 0.0819 e. The molecule has 0 aromatic heterocycles. The lowest BCUT2D eigenvalue weighted by atomic mass is 10.1. The monoisotopic (exact) mass is 188 g/mol. The molecular weight excluding hydrogens is 172 g/mol. The highest BCUT2D eigenvalue weighted by Crippen LogP contribution is 2.09. The molecule has 70 valence electrons. The summed E-state index contributed by atoms with van der Waals surface area (Å²) in [5.74, 6) is 0.563. The number of halogens is 1. The van der Waals surface area contributed by atoms with Gasteiger partial charge in [-0.1, -0.05) is 37.1 Å². The average Bonchev–Trinajstić information content (AvgIpc) is 1.84. The van der Waals surface area contributed by atoms with E-state index in [1.165, 1.54) is 5.57 Å².